The Bertz CT molecular complexity index is 1300. The minimum atomic E-state index is -0.909. The lowest BCUT2D eigenvalue weighted by Crippen LogP contribution is -2.26. The van der Waals surface area contributed by atoms with Gasteiger partial charge in [0.2, 0.25) is 6.79 Å². The number of aryl methyl sites for hydroxylation is 1. The van der Waals surface area contributed by atoms with E-state index in [1.807, 2.05) is 12.1 Å². The molecule has 0 bridgehead atoms. The predicted octanol–water partition coefficient (Wildman–Crippen LogP) is 3.05. The van der Waals surface area contributed by atoms with Gasteiger partial charge in [-0.1, -0.05) is 0 Å². The molecule has 0 saturated carbocycles. The summed E-state index contributed by atoms with van der Waals surface area (Å²) in [6.07, 6.45) is 0.578. The van der Waals surface area contributed by atoms with Crippen molar-refractivity contribution in [3.8, 4) is 22.9 Å². The van der Waals surface area contributed by atoms with Crippen LogP contribution >= 0.6 is 11.6 Å². The molecule has 1 unspecified atom stereocenters. The van der Waals surface area contributed by atoms with Gasteiger partial charge in [-0.3, -0.25) is 9.59 Å². The van der Waals surface area contributed by atoms with Gasteiger partial charge in [0.15, 0.2) is 11.5 Å². The fraction of sp³-hybridized carbons (Fsp3) is 0.348. The van der Waals surface area contributed by atoms with Gasteiger partial charge < -0.3 is 23.9 Å². The topological polar surface area (TPSA) is 99.9 Å². The summed E-state index contributed by atoms with van der Waals surface area (Å²) in [5, 5.41) is 11.2. The molecule has 32 heavy (non-hydrogen) atoms. The van der Waals surface area contributed by atoms with E-state index in [9.17, 15) is 14.7 Å². The summed E-state index contributed by atoms with van der Waals surface area (Å²) in [6.45, 7) is 2.18. The number of hydrogen-bond donors (Lipinski definition) is 1. The standard InChI is InChI=1S/C23H21ClN2O6/c1-12(28)14-5-19-22-16(8-26(19)23(29)17(14)9-30-10-27)13(3-2-4-24)15-6-20-21(32-11-31-20)7-18(15)25-22/h5-7,10,12,28H,2-4,8-9,11H2,1H3. The van der Waals surface area contributed by atoms with E-state index in [1.165, 1.54) is 0 Å². The molecular formula is C23H21ClN2O6. The molecule has 8 nitrogen and oxygen atoms in total. The fourth-order valence-electron chi connectivity index (χ4n) is 4.52. The molecule has 0 amide bonds. The number of benzene rings is 1. The number of rotatable bonds is 7. The number of carbonyl (C=O) groups excluding carboxylic acids is 1. The van der Waals surface area contributed by atoms with E-state index < -0.39 is 6.10 Å². The number of halogens is 1. The van der Waals surface area contributed by atoms with Crippen LogP contribution in [0.15, 0.2) is 23.0 Å². The summed E-state index contributed by atoms with van der Waals surface area (Å²) < 4.78 is 17.6. The predicted molar refractivity (Wildman–Crippen MR) is 117 cm³/mol. The Morgan fingerprint density at radius 1 is 1.28 bits per heavy atom. The van der Waals surface area contributed by atoms with E-state index in [2.05, 4.69) is 0 Å². The molecule has 2 aliphatic rings. The largest absolute Gasteiger partial charge is 0.463 e. The Morgan fingerprint density at radius 2 is 2.06 bits per heavy atom. The molecule has 1 aromatic carbocycles. The van der Waals surface area contributed by atoms with Crippen molar-refractivity contribution in [2.75, 3.05) is 12.7 Å². The van der Waals surface area contributed by atoms with Crippen molar-refractivity contribution in [1.29, 1.82) is 0 Å². The molecule has 9 heteroatoms. The van der Waals surface area contributed by atoms with Crippen LogP contribution in [0.4, 0.5) is 0 Å². The van der Waals surface area contributed by atoms with Crippen molar-refractivity contribution in [1.82, 2.24) is 9.55 Å². The van der Waals surface area contributed by atoms with Crippen LogP contribution in [0.3, 0.4) is 0 Å². The van der Waals surface area contributed by atoms with Gasteiger partial charge in [0.1, 0.15) is 6.61 Å². The molecular weight excluding hydrogens is 436 g/mol. The first-order valence-electron chi connectivity index (χ1n) is 10.3. The number of aliphatic hydroxyl groups is 1. The zero-order valence-electron chi connectivity index (χ0n) is 17.4. The van der Waals surface area contributed by atoms with Crippen LogP contribution in [0.25, 0.3) is 22.3 Å². The monoisotopic (exact) mass is 456 g/mol. The summed E-state index contributed by atoms with van der Waals surface area (Å²) in [4.78, 5) is 28.9. The maximum absolute atomic E-state index is 13.3. The molecule has 0 radical (unpaired) electrons. The van der Waals surface area contributed by atoms with Crippen molar-refractivity contribution in [3.63, 3.8) is 0 Å². The molecule has 3 aromatic rings. The number of ether oxygens (including phenoxy) is 3. The van der Waals surface area contributed by atoms with Gasteiger partial charge in [0.05, 0.1) is 35.1 Å². The molecule has 0 aliphatic carbocycles. The first-order valence-corrected chi connectivity index (χ1v) is 10.9. The molecule has 4 heterocycles. The van der Waals surface area contributed by atoms with Crippen LogP contribution in [0, 0.1) is 0 Å². The van der Waals surface area contributed by atoms with Gasteiger partial charge in [-0.25, -0.2) is 4.98 Å². The Hall–Kier alpha value is -3.10. The van der Waals surface area contributed by atoms with Gasteiger partial charge in [-0.05, 0) is 43.0 Å². The molecule has 166 valence electrons. The summed E-state index contributed by atoms with van der Waals surface area (Å²) in [5.74, 6) is 1.81. The lowest BCUT2D eigenvalue weighted by atomic mass is 9.96. The van der Waals surface area contributed by atoms with Gasteiger partial charge in [-0.2, -0.15) is 0 Å². The van der Waals surface area contributed by atoms with E-state index in [-0.39, 0.29) is 24.5 Å². The minimum absolute atomic E-state index is 0.171. The van der Waals surface area contributed by atoms with Crippen LogP contribution in [0.5, 0.6) is 11.5 Å². The lowest BCUT2D eigenvalue weighted by Gasteiger charge is -2.14. The Labute approximate surface area is 188 Å². The third kappa shape index (κ3) is 3.22. The highest BCUT2D eigenvalue weighted by Gasteiger charge is 2.30. The molecule has 1 N–H and O–H groups in total. The lowest BCUT2D eigenvalue weighted by molar-refractivity contribution is -0.129. The normalized spacial score (nSPS) is 14.3. The van der Waals surface area contributed by atoms with E-state index in [1.54, 1.807) is 17.6 Å². The average molecular weight is 457 g/mol. The third-order valence-corrected chi connectivity index (χ3v) is 6.27. The number of alkyl halides is 1. The molecule has 0 saturated heterocycles. The van der Waals surface area contributed by atoms with Gasteiger partial charge in [0.25, 0.3) is 12.0 Å². The minimum Gasteiger partial charge on any atom is -0.463 e. The second kappa shape index (κ2) is 8.11. The Balaban J connectivity index is 1.76. The summed E-state index contributed by atoms with van der Waals surface area (Å²) >= 11 is 6.00. The van der Waals surface area contributed by atoms with Crippen molar-refractivity contribution >= 4 is 29.0 Å². The first kappa shape index (κ1) is 20.8. The molecule has 1 atom stereocenters. The first-order chi connectivity index (χ1) is 15.5. The number of hydrogen-bond acceptors (Lipinski definition) is 7. The van der Waals surface area contributed by atoms with E-state index >= 15 is 0 Å². The number of aromatic nitrogens is 2. The molecule has 0 spiro atoms. The number of nitrogens with zero attached hydrogens (tertiary/aromatic N) is 2. The van der Waals surface area contributed by atoms with E-state index in [4.69, 9.17) is 30.8 Å². The van der Waals surface area contributed by atoms with E-state index in [0.29, 0.717) is 47.3 Å². The van der Waals surface area contributed by atoms with Crippen molar-refractivity contribution in [2.24, 2.45) is 0 Å². The van der Waals surface area contributed by atoms with Gasteiger partial charge >= 0.3 is 0 Å². The number of aliphatic hydroxyl groups excluding tert-OH is 1. The van der Waals surface area contributed by atoms with Gasteiger partial charge in [-0.15, -0.1) is 11.6 Å². The van der Waals surface area contributed by atoms with Crippen LogP contribution in [-0.4, -0.2) is 33.8 Å². The number of pyridine rings is 2. The highest BCUT2D eigenvalue weighted by atomic mass is 35.5. The highest BCUT2D eigenvalue weighted by Crippen LogP contribution is 2.42. The summed E-state index contributed by atoms with van der Waals surface area (Å²) in [7, 11) is 0. The van der Waals surface area contributed by atoms with Crippen LogP contribution < -0.4 is 15.0 Å². The third-order valence-electron chi connectivity index (χ3n) is 6.00. The average Bonchev–Trinajstić information content (AvgIpc) is 3.38. The van der Waals surface area contributed by atoms with Crippen molar-refractivity contribution in [2.45, 2.75) is 39.0 Å². The molecule has 2 aromatic heterocycles. The Kier molecular flexibility index (Phi) is 5.27. The SMILES string of the molecule is CC(O)c1cc2n(c(=O)c1COC=O)Cc1c-2nc2cc3c(cc2c1CCCCl)OCO3. The second-order valence-electron chi connectivity index (χ2n) is 7.87. The van der Waals surface area contributed by atoms with Crippen LogP contribution in [0.2, 0.25) is 0 Å². The summed E-state index contributed by atoms with van der Waals surface area (Å²) in [6, 6.07) is 5.55. The maximum Gasteiger partial charge on any atom is 0.293 e. The highest BCUT2D eigenvalue weighted by molar-refractivity contribution is 6.17. The zero-order chi connectivity index (χ0) is 22.4. The zero-order valence-corrected chi connectivity index (χ0v) is 18.1. The van der Waals surface area contributed by atoms with Crippen LogP contribution in [-0.2, 0) is 29.1 Å². The van der Waals surface area contributed by atoms with Crippen molar-refractivity contribution < 1.29 is 24.1 Å². The smallest absolute Gasteiger partial charge is 0.293 e. The summed E-state index contributed by atoms with van der Waals surface area (Å²) in [5.41, 5.74) is 4.46. The second-order valence-corrected chi connectivity index (χ2v) is 8.25. The maximum atomic E-state index is 13.3. The van der Waals surface area contributed by atoms with E-state index in [0.717, 1.165) is 34.9 Å². The Morgan fingerprint density at radius 3 is 2.78 bits per heavy atom. The molecule has 2 aliphatic heterocycles. The molecule has 5 rings (SSSR count). The van der Waals surface area contributed by atoms with Crippen molar-refractivity contribution in [3.05, 3.63) is 50.8 Å². The fourth-order valence-corrected chi connectivity index (χ4v) is 4.66. The quantitative estimate of drug-likeness (QED) is 0.337. The molecule has 0 fully saturated rings. The number of carbonyl (C=O) groups is 1. The number of fused-ring (bicyclic) bond motifs is 5. The van der Waals surface area contributed by atoms with Crippen LogP contribution in [0.1, 0.15) is 41.7 Å². The van der Waals surface area contributed by atoms with Gasteiger partial charge in [0, 0.05) is 22.9 Å².